The van der Waals surface area contributed by atoms with Crippen molar-refractivity contribution in [2.24, 2.45) is 0 Å². The van der Waals surface area contributed by atoms with E-state index in [-0.39, 0.29) is 6.10 Å². The van der Waals surface area contributed by atoms with Gasteiger partial charge in [-0.25, -0.2) is 19.6 Å². The monoisotopic (exact) mass is 428 g/mol. The largest absolute Gasteiger partial charge is 0.490 e. The highest BCUT2D eigenvalue weighted by molar-refractivity contribution is 5.62. The van der Waals surface area contributed by atoms with Crippen LogP contribution in [0, 0.1) is 0 Å². The van der Waals surface area contributed by atoms with Crippen LogP contribution in [0.2, 0.25) is 0 Å². The Kier molecular flexibility index (Phi) is 6.02. The lowest BCUT2D eigenvalue weighted by atomic mass is 10.1. The molecule has 0 unspecified atom stereocenters. The van der Waals surface area contributed by atoms with Gasteiger partial charge < -0.3 is 14.8 Å². The van der Waals surface area contributed by atoms with Gasteiger partial charge in [0.2, 0.25) is 5.95 Å². The van der Waals surface area contributed by atoms with Crippen molar-refractivity contribution in [1.82, 2.24) is 24.7 Å². The summed E-state index contributed by atoms with van der Waals surface area (Å²) in [6, 6.07) is 18.0. The van der Waals surface area contributed by atoms with Gasteiger partial charge in [-0.15, -0.1) is 0 Å². The maximum absolute atomic E-state index is 6.06. The van der Waals surface area contributed by atoms with Gasteiger partial charge in [0.25, 0.3) is 0 Å². The molecule has 2 aromatic carbocycles. The van der Waals surface area contributed by atoms with Crippen LogP contribution in [-0.4, -0.2) is 44.1 Å². The first-order chi connectivity index (χ1) is 15.8. The molecule has 0 amide bonds. The molecule has 0 radical (unpaired) electrons. The average Bonchev–Trinajstić information content (AvgIpc) is 3.35. The number of hydrogen-bond donors (Lipinski definition) is 1. The molecule has 8 heteroatoms. The van der Waals surface area contributed by atoms with Crippen LogP contribution in [0.4, 0.5) is 11.6 Å². The summed E-state index contributed by atoms with van der Waals surface area (Å²) in [6.45, 7) is 2.22. The molecule has 0 aliphatic carbocycles. The number of ether oxygens (including phenoxy) is 2. The Bertz CT molecular complexity index is 1120. The summed E-state index contributed by atoms with van der Waals surface area (Å²) in [5.41, 5.74) is 3.92. The molecule has 1 aliphatic rings. The molecule has 2 aromatic heterocycles. The van der Waals surface area contributed by atoms with Crippen molar-refractivity contribution in [2.45, 2.75) is 25.5 Å². The van der Waals surface area contributed by atoms with Gasteiger partial charge >= 0.3 is 0 Å². The third-order valence-electron chi connectivity index (χ3n) is 5.30. The predicted molar refractivity (Wildman–Crippen MR) is 121 cm³/mol. The Morgan fingerprint density at radius 1 is 1.00 bits per heavy atom. The molecule has 162 valence electrons. The molecule has 1 saturated heterocycles. The number of aromatic nitrogens is 5. The molecule has 0 atom stereocenters. The minimum atomic E-state index is 0.229. The first kappa shape index (κ1) is 20.1. The van der Waals surface area contributed by atoms with Crippen LogP contribution in [0.15, 0.2) is 73.4 Å². The van der Waals surface area contributed by atoms with Gasteiger partial charge in [-0.1, -0.05) is 12.1 Å². The summed E-state index contributed by atoms with van der Waals surface area (Å²) < 4.78 is 13.2. The molecule has 4 aromatic rings. The number of hydrogen-bond acceptors (Lipinski definition) is 7. The summed E-state index contributed by atoms with van der Waals surface area (Å²) in [5, 5.41) is 7.40. The van der Waals surface area contributed by atoms with Crippen LogP contribution in [-0.2, 0) is 11.3 Å². The fourth-order valence-corrected chi connectivity index (χ4v) is 3.59. The Hall–Kier alpha value is -3.78. The van der Waals surface area contributed by atoms with Crippen LogP contribution in [0.1, 0.15) is 18.4 Å². The van der Waals surface area contributed by atoms with Gasteiger partial charge in [0.15, 0.2) is 0 Å². The topological polar surface area (TPSA) is 87.0 Å². The summed E-state index contributed by atoms with van der Waals surface area (Å²) >= 11 is 0. The Morgan fingerprint density at radius 3 is 2.56 bits per heavy atom. The van der Waals surface area contributed by atoms with E-state index in [1.807, 2.05) is 54.6 Å². The fraction of sp³-hybridized carbons (Fsp3) is 0.250. The highest BCUT2D eigenvalue weighted by atomic mass is 16.5. The van der Waals surface area contributed by atoms with Crippen molar-refractivity contribution in [3.8, 4) is 17.0 Å². The number of anilines is 2. The normalized spacial score (nSPS) is 14.2. The third-order valence-corrected chi connectivity index (χ3v) is 5.30. The molecule has 0 spiro atoms. The predicted octanol–water partition coefficient (Wildman–Crippen LogP) is 4.08. The lowest BCUT2D eigenvalue weighted by Gasteiger charge is -2.23. The van der Waals surface area contributed by atoms with Gasteiger partial charge in [0.05, 0.1) is 25.5 Å². The van der Waals surface area contributed by atoms with Crippen molar-refractivity contribution >= 4 is 11.6 Å². The van der Waals surface area contributed by atoms with E-state index in [0.29, 0.717) is 12.5 Å². The van der Waals surface area contributed by atoms with Crippen LogP contribution < -0.4 is 10.1 Å². The second-order valence-corrected chi connectivity index (χ2v) is 7.63. The minimum Gasteiger partial charge on any atom is -0.490 e. The zero-order valence-electron chi connectivity index (χ0n) is 17.6. The van der Waals surface area contributed by atoms with Crippen LogP contribution >= 0.6 is 0 Å². The molecule has 1 N–H and O–H groups in total. The van der Waals surface area contributed by atoms with Crippen LogP contribution in [0.5, 0.6) is 5.75 Å². The molecule has 5 rings (SSSR count). The summed E-state index contributed by atoms with van der Waals surface area (Å²) in [5.74, 6) is 1.42. The summed E-state index contributed by atoms with van der Waals surface area (Å²) in [6.07, 6.45) is 7.10. The van der Waals surface area contributed by atoms with E-state index < -0.39 is 0 Å². The highest BCUT2D eigenvalue weighted by Crippen LogP contribution is 2.24. The second kappa shape index (κ2) is 9.57. The van der Waals surface area contributed by atoms with Gasteiger partial charge in [-0.3, -0.25) is 0 Å². The quantitative estimate of drug-likeness (QED) is 0.474. The van der Waals surface area contributed by atoms with Crippen LogP contribution in [0.25, 0.3) is 11.3 Å². The van der Waals surface area contributed by atoms with Crippen LogP contribution in [0.3, 0.4) is 0 Å². The van der Waals surface area contributed by atoms with Crippen molar-refractivity contribution in [1.29, 1.82) is 0 Å². The van der Waals surface area contributed by atoms with E-state index in [1.165, 1.54) is 6.33 Å². The highest BCUT2D eigenvalue weighted by Gasteiger charge is 2.15. The van der Waals surface area contributed by atoms with Crippen molar-refractivity contribution in [3.05, 3.63) is 79.0 Å². The summed E-state index contributed by atoms with van der Waals surface area (Å²) in [4.78, 5) is 13.0. The smallest absolute Gasteiger partial charge is 0.227 e. The van der Waals surface area contributed by atoms with E-state index in [0.717, 1.165) is 54.3 Å². The van der Waals surface area contributed by atoms with Gasteiger partial charge in [-0.05, 0) is 48.0 Å². The Morgan fingerprint density at radius 2 is 1.81 bits per heavy atom. The zero-order valence-corrected chi connectivity index (χ0v) is 17.6. The van der Waals surface area contributed by atoms with E-state index >= 15 is 0 Å². The summed E-state index contributed by atoms with van der Waals surface area (Å²) in [7, 11) is 0. The average molecular weight is 428 g/mol. The van der Waals surface area contributed by atoms with E-state index in [2.05, 4.69) is 25.4 Å². The maximum Gasteiger partial charge on any atom is 0.227 e. The molecule has 8 nitrogen and oxygen atoms in total. The van der Waals surface area contributed by atoms with E-state index in [1.54, 1.807) is 17.2 Å². The molecular formula is C24H24N6O2. The number of nitrogens with zero attached hydrogens (tertiary/aromatic N) is 5. The van der Waals surface area contributed by atoms with E-state index in [4.69, 9.17) is 9.47 Å². The molecular weight excluding hydrogens is 404 g/mol. The van der Waals surface area contributed by atoms with Crippen molar-refractivity contribution < 1.29 is 9.47 Å². The molecule has 0 bridgehead atoms. The second-order valence-electron chi connectivity index (χ2n) is 7.63. The molecule has 1 aliphatic heterocycles. The van der Waals surface area contributed by atoms with Gasteiger partial charge in [0, 0.05) is 30.3 Å². The molecule has 1 fully saturated rings. The SMILES string of the molecule is c1cc(-c2ccc(OC3CCOCC3)cc2)nc(Nc2ccc(Cn3cncn3)cc2)n1. The lowest BCUT2D eigenvalue weighted by Crippen LogP contribution is -2.25. The van der Waals surface area contributed by atoms with Gasteiger partial charge in [-0.2, -0.15) is 5.10 Å². The van der Waals surface area contributed by atoms with Gasteiger partial charge in [0.1, 0.15) is 24.5 Å². The fourth-order valence-electron chi connectivity index (χ4n) is 3.59. The number of nitrogens with one attached hydrogen (secondary N) is 1. The van der Waals surface area contributed by atoms with Crippen molar-refractivity contribution in [2.75, 3.05) is 18.5 Å². The maximum atomic E-state index is 6.06. The van der Waals surface area contributed by atoms with E-state index in [9.17, 15) is 0 Å². The first-order valence-electron chi connectivity index (χ1n) is 10.7. The molecule has 32 heavy (non-hydrogen) atoms. The first-order valence-corrected chi connectivity index (χ1v) is 10.7. The number of rotatable bonds is 7. The minimum absolute atomic E-state index is 0.229. The Labute approximate surface area is 186 Å². The number of benzene rings is 2. The zero-order chi connectivity index (χ0) is 21.6. The van der Waals surface area contributed by atoms with Crippen molar-refractivity contribution in [3.63, 3.8) is 0 Å². The lowest BCUT2D eigenvalue weighted by molar-refractivity contribution is 0.0256. The molecule has 3 heterocycles. The molecule has 0 saturated carbocycles. The third kappa shape index (κ3) is 5.09. The standard InChI is InChI=1S/C24H24N6O2/c1-5-20(6-2-18(1)15-30-17-25-16-27-30)28-24-26-12-9-23(29-24)19-3-7-21(8-4-19)32-22-10-13-31-14-11-22/h1-9,12,16-17,22H,10-11,13-15H2,(H,26,28,29). The Balaban J connectivity index is 1.23.